The number of rotatable bonds is 4. The highest BCUT2D eigenvalue weighted by Gasteiger charge is 2.10. The summed E-state index contributed by atoms with van der Waals surface area (Å²) >= 11 is 8.41. The fraction of sp³-hybridized carbons (Fsp3) is 0.556. The highest BCUT2D eigenvalue weighted by atomic mass is 35.5. The molecule has 0 saturated carbocycles. The van der Waals surface area contributed by atoms with Crippen LogP contribution in [-0.4, -0.2) is 28.2 Å². The van der Waals surface area contributed by atoms with Gasteiger partial charge in [-0.1, -0.05) is 23.4 Å². The van der Waals surface area contributed by atoms with Gasteiger partial charge in [-0.05, 0) is 13.8 Å². The maximum absolute atomic E-state index is 11.6. The third kappa shape index (κ3) is 4.01. The van der Waals surface area contributed by atoms with Gasteiger partial charge in [0, 0.05) is 29.9 Å². The molecule has 0 saturated heterocycles. The summed E-state index contributed by atoms with van der Waals surface area (Å²) in [5, 5.41) is 0.115. The molecule has 84 valence electrons. The molecular formula is C9H13ClN2OS2. The molecule has 0 aliphatic heterocycles. The summed E-state index contributed by atoms with van der Waals surface area (Å²) in [6, 6.07) is 0. The predicted octanol–water partition coefficient (Wildman–Crippen LogP) is 3.49. The average molecular weight is 265 g/mol. The van der Waals surface area contributed by atoms with E-state index in [0.717, 1.165) is 18.0 Å². The van der Waals surface area contributed by atoms with Crippen LogP contribution >= 0.6 is 34.7 Å². The lowest BCUT2D eigenvalue weighted by Crippen LogP contribution is -2.26. The zero-order chi connectivity index (χ0) is 11.3. The van der Waals surface area contributed by atoms with Crippen LogP contribution in [0.1, 0.15) is 18.7 Å². The maximum Gasteiger partial charge on any atom is 0.281 e. The lowest BCUT2D eigenvalue weighted by Gasteiger charge is -2.17. The van der Waals surface area contributed by atoms with E-state index in [-0.39, 0.29) is 5.24 Å². The summed E-state index contributed by atoms with van der Waals surface area (Å²) in [6.07, 6.45) is 1.72. The molecule has 1 heterocycles. The number of thiazole rings is 1. The van der Waals surface area contributed by atoms with Gasteiger partial charge in [0.05, 0.1) is 0 Å². The highest BCUT2D eigenvalue weighted by Crippen LogP contribution is 2.23. The van der Waals surface area contributed by atoms with E-state index < -0.39 is 0 Å². The molecule has 0 aromatic carbocycles. The number of hydrogen-bond donors (Lipinski definition) is 0. The minimum atomic E-state index is 0.115. The van der Waals surface area contributed by atoms with Gasteiger partial charge in [-0.15, -0.1) is 11.3 Å². The van der Waals surface area contributed by atoms with E-state index in [9.17, 15) is 4.79 Å². The lowest BCUT2D eigenvalue weighted by molar-refractivity contribution is 0.228. The lowest BCUT2D eigenvalue weighted by atomic mass is 10.6. The molecule has 0 fully saturated rings. The molecule has 3 nitrogen and oxygen atoms in total. The molecule has 0 bridgehead atoms. The molecule has 1 aromatic heterocycles. The number of carbonyl (C=O) groups is 1. The Hall–Kier alpha value is -0.260. The van der Waals surface area contributed by atoms with Crippen LogP contribution in [0.4, 0.5) is 4.79 Å². The molecule has 1 aromatic rings. The van der Waals surface area contributed by atoms with Crippen molar-refractivity contribution in [2.24, 2.45) is 0 Å². The smallest absolute Gasteiger partial charge is 0.281 e. The Morgan fingerprint density at radius 1 is 1.60 bits per heavy atom. The van der Waals surface area contributed by atoms with Crippen LogP contribution in [0.2, 0.25) is 4.47 Å². The first-order valence-corrected chi connectivity index (χ1v) is 6.87. The van der Waals surface area contributed by atoms with Gasteiger partial charge < -0.3 is 4.90 Å². The van der Waals surface area contributed by atoms with Crippen molar-refractivity contribution in [2.75, 3.05) is 13.1 Å². The maximum atomic E-state index is 11.6. The molecule has 0 spiro atoms. The molecule has 0 atom stereocenters. The molecular weight excluding hydrogens is 252 g/mol. The minimum absolute atomic E-state index is 0.115. The first-order chi connectivity index (χ1) is 7.17. The standard InChI is InChI=1S/C9H13ClN2OS2/c1-3-12(4-2)9(13)14-6-7-5-11-8(10)15-7/h5H,3-4,6H2,1-2H3. The van der Waals surface area contributed by atoms with Gasteiger partial charge in [-0.3, -0.25) is 4.79 Å². The van der Waals surface area contributed by atoms with Crippen molar-refractivity contribution in [3.05, 3.63) is 15.5 Å². The molecule has 15 heavy (non-hydrogen) atoms. The van der Waals surface area contributed by atoms with E-state index in [1.165, 1.54) is 23.1 Å². The van der Waals surface area contributed by atoms with Crippen LogP contribution in [0.5, 0.6) is 0 Å². The second-order valence-electron chi connectivity index (χ2n) is 2.81. The van der Waals surface area contributed by atoms with Crippen molar-refractivity contribution >= 4 is 39.9 Å². The van der Waals surface area contributed by atoms with Crippen molar-refractivity contribution < 1.29 is 4.79 Å². The second-order valence-corrected chi connectivity index (χ2v) is 5.43. The Morgan fingerprint density at radius 2 is 2.27 bits per heavy atom. The number of nitrogens with zero attached hydrogens (tertiary/aromatic N) is 2. The number of halogens is 1. The third-order valence-corrected chi connectivity index (χ3v) is 4.14. The van der Waals surface area contributed by atoms with Crippen LogP contribution in [0.15, 0.2) is 6.20 Å². The van der Waals surface area contributed by atoms with Gasteiger partial charge in [0.2, 0.25) is 0 Å². The summed E-state index contributed by atoms with van der Waals surface area (Å²) in [5.74, 6) is 0.653. The van der Waals surface area contributed by atoms with Crippen LogP contribution in [0.25, 0.3) is 0 Å². The van der Waals surface area contributed by atoms with Crippen molar-refractivity contribution in [3.8, 4) is 0 Å². The van der Waals surface area contributed by atoms with E-state index in [0.29, 0.717) is 10.2 Å². The predicted molar refractivity (Wildman–Crippen MR) is 66.7 cm³/mol. The summed E-state index contributed by atoms with van der Waals surface area (Å²) in [4.78, 5) is 18.4. The Balaban J connectivity index is 2.40. The van der Waals surface area contributed by atoms with Crippen LogP contribution in [-0.2, 0) is 5.75 Å². The fourth-order valence-corrected chi connectivity index (χ4v) is 3.02. The number of amides is 1. The van der Waals surface area contributed by atoms with Crippen molar-refractivity contribution in [3.63, 3.8) is 0 Å². The van der Waals surface area contributed by atoms with Gasteiger partial charge in [-0.25, -0.2) is 4.98 Å². The quantitative estimate of drug-likeness (QED) is 0.835. The normalized spacial score (nSPS) is 10.3. The van der Waals surface area contributed by atoms with Gasteiger partial charge in [0.15, 0.2) is 4.47 Å². The molecule has 0 radical (unpaired) electrons. The number of thioether (sulfide) groups is 1. The van der Waals surface area contributed by atoms with Gasteiger partial charge in [0.1, 0.15) is 0 Å². The number of carbonyl (C=O) groups excluding carboxylic acids is 1. The molecule has 0 unspecified atom stereocenters. The van der Waals surface area contributed by atoms with Crippen LogP contribution in [0, 0.1) is 0 Å². The summed E-state index contributed by atoms with van der Waals surface area (Å²) in [6.45, 7) is 5.47. The third-order valence-electron chi connectivity index (χ3n) is 1.88. The van der Waals surface area contributed by atoms with E-state index in [1.54, 1.807) is 11.1 Å². The van der Waals surface area contributed by atoms with Crippen LogP contribution in [0.3, 0.4) is 0 Å². The van der Waals surface area contributed by atoms with Crippen molar-refractivity contribution in [2.45, 2.75) is 19.6 Å². The van der Waals surface area contributed by atoms with E-state index >= 15 is 0 Å². The van der Waals surface area contributed by atoms with E-state index in [1.807, 2.05) is 13.8 Å². The van der Waals surface area contributed by atoms with E-state index in [4.69, 9.17) is 11.6 Å². The summed E-state index contributed by atoms with van der Waals surface area (Å²) < 4.78 is 0.529. The Morgan fingerprint density at radius 3 is 2.73 bits per heavy atom. The fourth-order valence-electron chi connectivity index (χ4n) is 1.06. The Labute approximate surface area is 103 Å². The molecule has 1 amide bonds. The monoisotopic (exact) mass is 264 g/mol. The SMILES string of the molecule is CCN(CC)C(=O)SCc1cnc(Cl)s1. The Bertz CT molecular complexity index is 326. The molecule has 1 rings (SSSR count). The van der Waals surface area contributed by atoms with Gasteiger partial charge >= 0.3 is 0 Å². The van der Waals surface area contributed by atoms with Crippen molar-refractivity contribution in [1.82, 2.24) is 9.88 Å². The topological polar surface area (TPSA) is 33.2 Å². The molecule has 0 aliphatic rings. The Kier molecular flexibility index (Phi) is 5.42. The number of hydrogen-bond acceptors (Lipinski definition) is 4. The van der Waals surface area contributed by atoms with Gasteiger partial charge in [0.25, 0.3) is 5.24 Å². The zero-order valence-corrected chi connectivity index (χ0v) is 11.1. The highest BCUT2D eigenvalue weighted by molar-refractivity contribution is 8.12. The van der Waals surface area contributed by atoms with E-state index in [2.05, 4.69) is 4.98 Å². The molecule has 0 aliphatic carbocycles. The largest absolute Gasteiger partial charge is 0.334 e. The van der Waals surface area contributed by atoms with Crippen LogP contribution < -0.4 is 0 Å². The molecule has 0 N–H and O–H groups in total. The van der Waals surface area contributed by atoms with Gasteiger partial charge in [-0.2, -0.15) is 0 Å². The summed E-state index contributed by atoms with van der Waals surface area (Å²) in [5.41, 5.74) is 0. The number of aromatic nitrogens is 1. The minimum Gasteiger partial charge on any atom is -0.334 e. The summed E-state index contributed by atoms with van der Waals surface area (Å²) in [7, 11) is 0. The first-order valence-electron chi connectivity index (χ1n) is 4.69. The molecule has 6 heteroatoms. The average Bonchev–Trinajstić information content (AvgIpc) is 2.63. The van der Waals surface area contributed by atoms with Crippen molar-refractivity contribution in [1.29, 1.82) is 0 Å². The second kappa shape index (κ2) is 6.35. The zero-order valence-electron chi connectivity index (χ0n) is 8.70. The first kappa shape index (κ1) is 12.8.